The molecule has 0 aliphatic carbocycles. The second-order valence-electron chi connectivity index (χ2n) is 5.42. The molecule has 3 nitrogen and oxygen atoms in total. The van der Waals surface area contributed by atoms with E-state index in [2.05, 4.69) is 15.0 Å². The van der Waals surface area contributed by atoms with Gasteiger partial charge in [-0.1, -0.05) is 30.3 Å². The molecule has 0 saturated carbocycles. The number of halogens is 3. The molecule has 1 N–H and O–H groups in total. The average Bonchev–Trinajstić information content (AvgIpc) is 2.55. The molecule has 3 aromatic rings. The Morgan fingerprint density at radius 3 is 2.28 bits per heavy atom. The number of aromatic nitrogens is 1. The van der Waals surface area contributed by atoms with Gasteiger partial charge in [0.2, 0.25) is 0 Å². The minimum absolute atomic E-state index is 0.269. The van der Waals surface area contributed by atoms with Gasteiger partial charge < -0.3 is 10.1 Å². The maximum absolute atomic E-state index is 12.6. The SMILES string of the molecule is Cc1cc(Nc2ccccc2)cnc1-c1ccccc1OC(F)(F)F. The first-order chi connectivity index (χ1) is 11.9. The van der Waals surface area contributed by atoms with Gasteiger partial charge in [0.05, 0.1) is 17.6 Å². The lowest BCUT2D eigenvalue weighted by Gasteiger charge is -2.15. The normalized spacial score (nSPS) is 11.2. The number of rotatable bonds is 4. The zero-order chi connectivity index (χ0) is 17.9. The number of hydrogen-bond donors (Lipinski definition) is 1. The lowest BCUT2D eigenvalue weighted by atomic mass is 10.1. The van der Waals surface area contributed by atoms with Crippen molar-refractivity contribution in [1.29, 1.82) is 0 Å². The van der Waals surface area contributed by atoms with E-state index >= 15 is 0 Å². The van der Waals surface area contributed by atoms with Crippen LogP contribution in [0.2, 0.25) is 0 Å². The molecular weight excluding hydrogens is 329 g/mol. The molecule has 25 heavy (non-hydrogen) atoms. The Bertz CT molecular complexity index is 864. The summed E-state index contributed by atoms with van der Waals surface area (Å²) in [4.78, 5) is 4.33. The van der Waals surface area contributed by atoms with Crippen LogP contribution in [-0.2, 0) is 0 Å². The van der Waals surface area contributed by atoms with Gasteiger partial charge in [-0.05, 0) is 42.8 Å². The second-order valence-corrected chi connectivity index (χ2v) is 5.42. The third-order valence-corrected chi connectivity index (χ3v) is 3.51. The van der Waals surface area contributed by atoms with Gasteiger partial charge in [0.1, 0.15) is 5.75 Å². The largest absolute Gasteiger partial charge is 0.573 e. The van der Waals surface area contributed by atoms with Crippen LogP contribution in [0.4, 0.5) is 24.5 Å². The van der Waals surface area contributed by atoms with E-state index in [1.807, 2.05) is 36.4 Å². The van der Waals surface area contributed by atoms with E-state index in [-0.39, 0.29) is 5.75 Å². The van der Waals surface area contributed by atoms with E-state index in [9.17, 15) is 13.2 Å². The third-order valence-electron chi connectivity index (χ3n) is 3.51. The van der Waals surface area contributed by atoms with Crippen molar-refractivity contribution < 1.29 is 17.9 Å². The zero-order valence-electron chi connectivity index (χ0n) is 13.3. The maximum Gasteiger partial charge on any atom is 0.573 e. The number of aryl methyl sites for hydroxylation is 1. The molecule has 1 aromatic heterocycles. The quantitative estimate of drug-likeness (QED) is 0.659. The van der Waals surface area contributed by atoms with E-state index in [1.165, 1.54) is 12.1 Å². The van der Waals surface area contributed by atoms with Gasteiger partial charge >= 0.3 is 6.36 Å². The highest BCUT2D eigenvalue weighted by atomic mass is 19.4. The van der Waals surface area contributed by atoms with Crippen LogP contribution < -0.4 is 10.1 Å². The summed E-state index contributed by atoms with van der Waals surface area (Å²) in [6.07, 6.45) is -3.17. The topological polar surface area (TPSA) is 34.2 Å². The summed E-state index contributed by atoms with van der Waals surface area (Å²) < 4.78 is 41.9. The molecule has 0 aliphatic rings. The van der Waals surface area contributed by atoms with Crippen LogP contribution in [0.5, 0.6) is 5.75 Å². The number of ether oxygens (including phenoxy) is 1. The maximum atomic E-state index is 12.6. The summed E-state index contributed by atoms with van der Waals surface area (Å²) in [6.45, 7) is 1.79. The second kappa shape index (κ2) is 6.84. The number of para-hydroxylation sites is 2. The van der Waals surface area contributed by atoms with E-state index in [0.717, 1.165) is 16.9 Å². The standard InChI is InChI=1S/C19H15F3N2O/c1-13-11-15(24-14-7-3-2-4-8-14)12-23-18(13)16-9-5-6-10-17(16)25-19(20,21)22/h2-12,24H,1H3. The molecule has 6 heteroatoms. The molecule has 0 aliphatic heterocycles. The molecule has 0 fully saturated rings. The van der Waals surface area contributed by atoms with Gasteiger partial charge in [-0.2, -0.15) is 0 Å². The van der Waals surface area contributed by atoms with Crippen molar-refractivity contribution in [1.82, 2.24) is 4.98 Å². The Balaban J connectivity index is 1.92. The van der Waals surface area contributed by atoms with E-state index in [1.54, 1.807) is 25.3 Å². The van der Waals surface area contributed by atoms with Crippen molar-refractivity contribution in [2.75, 3.05) is 5.32 Å². The molecule has 1 heterocycles. The highest BCUT2D eigenvalue weighted by Crippen LogP contribution is 2.34. The van der Waals surface area contributed by atoms with Gasteiger partial charge in [0.25, 0.3) is 0 Å². The predicted molar refractivity (Wildman–Crippen MR) is 90.8 cm³/mol. The van der Waals surface area contributed by atoms with E-state index in [4.69, 9.17) is 0 Å². The van der Waals surface area contributed by atoms with Crippen molar-refractivity contribution in [3.05, 3.63) is 72.4 Å². The molecule has 0 bridgehead atoms. The van der Waals surface area contributed by atoms with Gasteiger partial charge in [-0.25, -0.2) is 0 Å². The molecular formula is C19H15F3N2O. The van der Waals surface area contributed by atoms with Gasteiger partial charge in [0, 0.05) is 11.3 Å². The number of nitrogens with zero attached hydrogens (tertiary/aromatic N) is 1. The first-order valence-corrected chi connectivity index (χ1v) is 7.56. The summed E-state index contributed by atoms with van der Waals surface area (Å²) in [5, 5.41) is 3.20. The third kappa shape index (κ3) is 4.29. The highest BCUT2D eigenvalue weighted by Gasteiger charge is 2.32. The molecule has 0 saturated heterocycles. The molecule has 0 radical (unpaired) electrons. The van der Waals surface area contributed by atoms with Gasteiger partial charge in [-0.15, -0.1) is 13.2 Å². The van der Waals surface area contributed by atoms with Crippen LogP contribution in [0.25, 0.3) is 11.3 Å². The number of alkyl halides is 3. The summed E-state index contributed by atoms with van der Waals surface area (Å²) >= 11 is 0. The lowest BCUT2D eigenvalue weighted by Crippen LogP contribution is -2.17. The minimum Gasteiger partial charge on any atom is -0.405 e. The Labute approximate surface area is 143 Å². The number of benzene rings is 2. The molecule has 0 atom stereocenters. The Morgan fingerprint density at radius 2 is 1.60 bits per heavy atom. The summed E-state index contributed by atoms with van der Waals surface area (Å²) in [7, 11) is 0. The van der Waals surface area contributed by atoms with Crippen LogP contribution in [0.3, 0.4) is 0 Å². The minimum atomic E-state index is -4.75. The summed E-state index contributed by atoms with van der Waals surface area (Å²) in [5.74, 6) is -0.269. The molecule has 0 unspecified atom stereocenters. The van der Waals surface area contributed by atoms with Crippen molar-refractivity contribution in [3.8, 4) is 17.0 Å². The van der Waals surface area contributed by atoms with Crippen molar-refractivity contribution in [2.45, 2.75) is 13.3 Å². The predicted octanol–water partition coefficient (Wildman–Crippen LogP) is 5.70. The number of pyridine rings is 1. The fraction of sp³-hybridized carbons (Fsp3) is 0.105. The molecule has 3 rings (SSSR count). The molecule has 2 aromatic carbocycles. The smallest absolute Gasteiger partial charge is 0.405 e. The van der Waals surface area contributed by atoms with E-state index < -0.39 is 6.36 Å². The first kappa shape index (κ1) is 16.8. The number of nitrogens with one attached hydrogen (secondary N) is 1. The Morgan fingerprint density at radius 1 is 0.920 bits per heavy atom. The fourth-order valence-corrected chi connectivity index (χ4v) is 2.49. The van der Waals surface area contributed by atoms with Crippen LogP contribution in [-0.4, -0.2) is 11.3 Å². The van der Waals surface area contributed by atoms with Crippen molar-refractivity contribution in [3.63, 3.8) is 0 Å². The number of anilines is 2. The molecule has 128 valence electrons. The number of hydrogen-bond acceptors (Lipinski definition) is 3. The average molecular weight is 344 g/mol. The molecule has 0 spiro atoms. The van der Waals surface area contributed by atoms with Crippen LogP contribution in [0, 0.1) is 6.92 Å². The van der Waals surface area contributed by atoms with E-state index in [0.29, 0.717) is 11.3 Å². The van der Waals surface area contributed by atoms with Gasteiger partial charge in [-0.3, -0.25) is 4.98 Å². The summed E-state index contributed by atoms with van der Waals surface area (Å²) in [6, 6.07) is 17.4. The Kier molecular flexibility index (Phi) is 4.61. The first-order valence-electron chi connectivity index (χ1n) is 7.56. The fourth-order valence-electron chi connectivity index (χ4n) is 2.49. The van der Waals surface area contributed by atoms with Crippen LogP contribution in [0.1, 0.15) is 5.56 Å². The van der Waals surface area contributed by atoms with Crippen molar-refractivity contribution >= 4 is 11.4 Å². The van der Waals surface area contributed by atoms with Gasteiger partial charge in [0.15, 0.2) is 0 Å². The Hall–Kier alpha value is -3.02. The summed E-state index contributed by atoms with van der Waals surface area (Å²) in [5.41, 5.74) is 3.13. The van der Waals surface area contributed by atoms with Crippen LogP contribution >= 0.6 is 0 Å². The lowest BCUT2D eigenvalue weighted by molar-refractivity contribution is -0.274. The highest BCUT2D eigenvalue weighted by molar-refractivity contribution is 5.72. The molecule has 0 amide bonds. The zero-order valence-corrected chi connectivity index (χ0v) is 13.3. The van der Waals surface area contributed by atoms with Crippen molar-refractivity contribution in [2.24, 2.45) is 0 Å². The van der Waals surface area contributed by atoms with Crippen LogP contribution in [0.15, 0.2) is 66.9 Å². The monoisotopic (exact) mass is 344 g/mol.